The molecule has 1 atom stereocenters. The zero-order valence-corrected chi connectivity index (χ0v) is 10.7. The van der Waals surface area contributed by atoms with Crippen molar-refractivity contribution in [3.63, 3.8) is 0 Å². The summed E-state index contributed by atoms with van der Waals surface area (Å²) >= 11 is 0. The van der Waals surface area contributed by atoms with Crippen LogP contribution in [0.1, 0.15) is 19.8 Å². The largest absolute Gasteiger partial charge is 0.494 e. The number of rotatable bonds is 7. The summed E-state index contributed by atoms with van der Waals surface area (Å²) in [5.41, 5.74) is 0. The number of carbonyl (C=O) groups is 2. The van der Waals surface area contributed by atoms with Crippen molar-refractivity contribution in [3.05, 3.63) is 30.3 Å². The molecule has 1 aromatic carbocycles. The second-order valence-electron chi connectivity index (χ2n) is 3.99. The topological polar surface area (TPSA) is 52.6 Å². The van der Waals surface area contributed by atoms with E-state index in [1.54, 1.807) is 0 Å². The third-order valence-electron chi connectivity index (χ3n) is 2.63. The van der Waals surface area contributed by atoms with E-state index in [1.165, 1.54) is 14.0 Å². The quantitative estimate of drug-likeness (QED) is 0.423. The molecule has 4 heteroatoms. The lowest BCUT2D eigenvalue weighted by Gasteiger charge is -2.11. The molecule has 0 bridgehead atoms. The summed E-state index contributed by atoms with van der Waals surface area (Å²) in [6.45, 7) is 1.88. The molecule has 0 aliphatic rings. The maximum absolute atomic E-state index is 11.3. The van der Waals surface area contributed by atoms with Gasteiger partial charge in [0.25, 0.3) is 0 Å². The Bertz CT molecular complexity index is 386. The smallest absolute Gasteiger partial charge is 0.316 e. The molecule has 1 rings (SSSR count). The molecule has 0 saturated carbocycles. The first kappa shape index (κ1) is 14.2. The molecule has 0 saturated heterocycles. The molecule has 4 nitrogen and oxygen atoms in total. The fourth-order valence-corrected chi connectivity index (χ4v) is 1.62. The highest BCUT2D eigenvalue weighted by atomic mass is 16.5. The molecule has 0 aromatic heterocycles. The van der Waals surface area contributed by atoms with Crippen LogP contribution in [0.2, 0.25) is 0 Å². The minimum atomic E-state index is -0.672. The van der Waals surface area contributed by atoms with Crippen LogP contribution in [0.4, 0.5) is 0 Å². The number of hydrogen-bond donors (Lipinski definition) is 0. The molecule has 18 heavy (non-hydrogen) atoms. The number of hydrogen-bond acceptors (Lipinski definition) is 4. The van der Waals surface area contributed by atoms with Crippen molar-refractivity contribution in [1.82, 2.24) is 0 Å². The average molecular weight is 250 g/mol. The van der Waals surface area contributed by atoms with Gasteiger partial charge in [0.15, 0.2) is 0 Å². The van der Waals surface area contributed by atoms with Gasteiger partial charge in [-0.3, -0.25) is 9.59 Å². The Morgan fingerprint density at radius 2 is 1.89 bits per heavy atom. The lowest BCUT2D eigenvalue weighted by Crippen LogP contribution is -2.23. The zero-order chi connectivity index (χ0) is 13.4. The molecular weight excluding hydrogens is 232 g/mol. The second kappa shape index (κ2) is 7.48. The van der Waals surface area contributed by atoms with Crippen LogP contribution in [0, 0.1) is 5.92 Å². The zero-order valence-electron chi connectivity index (χ0n) is 10.7. The minimum absolute atomic E-state index is 0.165. The molecule has 98 valence electrons. The fraction of sp³-hybridized carbons (Fsp3) is 0.429. The third kappa shape index (κ3) is 4.57. The first-order chi connectivity index (χ1) is 8.65. The lowest BCUT2D eigenvalue weighted by molar-refractivity contribution is -0.149. The van der Waals surface area contributed by atoms with E-state index in [2.05, 4.69) is 4.74 Å². The van der Waals surface area contributed by atoms with Gasteiger partial charge in [0.1, 0.15) is 17.5 Å². The molecular formula is C14H18O4. The van der Waals surface area contributed by atoms with Crippen molar-refractivity contribution >= 4 is 11.8 Å². The Kier molecular flexibility index (Phi) is 5.91. The highest BCUT2D eigenvalue weighted by Gasteiger charge is 2.23. The Morgan fingerprint density at radius 3 is 2.44 bits per heavy atom. The first-order valence-corrected chi connectivity index (χ1v) is 5.91. The van der Waals surface area contributed by atoms with E-state index in [1.807, 2.05) is 30.3 Å². The summed E-state index contributed by atoms with van der Waals surface area (Å²) in [7, 11) is 1.29. The van der Waals surface area contributed by atoms with Gasteiger partial charge in [0, 0.05) is 0 Å². The number of para-hydroxylation sites is 1. The maximum Gasteiger partial charge on any atom is 0.316 e. The van der Waals surface area contributed by atoms with Gasteiger partial charge >= 0.3 is 5.97 Å². The van der Waals surface area contributed by atoms with E-state index < -0.39 is 11.9 Å². The van der Waals surface area contributed by atoms with Crippen molar-refractivity contribution in [2.75, 3.05) is 13.7 Å². The summed E-state index contributed by atoms with van der Waals surface area (Å²) in [6, 6.07) is 9.42. The normalized spacial score (nSPS) is 11.7. The number of benzene rings is 1. The summed E-state index contributed by atoms with van der Waals surface area (Å²) in [6.07, 6.45) is 1.09. The van der Waals surface area contributed by atoms with E-state index in [4.69, 9.17) is 4.74 Å². The van der Waals surface area contributed by atoms with Crippen molar-refractivity contribution < 1.29 is 19.1 Å². The standard InChI is InChI=1S/C14H18O4/c1-11(15)13(14(16)17-2)9-6-10-18-12-7-4-3-5-8-12/h3-5,7-8,13H,6,9-10H2,1-2H3. The first-order valence-electron chi connectivity index (χ1n) is 5.91. The van der Waals surface area contributed by atoms with Crippen LogP contribution in [-0.2, 0) is 14.3 Å². The van der Waals surface area contributed by atoms with Gasteiger partial charge in [-0.15, -0.1) is 0 Å². The van der Waals surface area contributed by atoms with Gasteiger partial charge in [-0.05, 0) is 31.9 Å². The van der Waals surface area contributed by atoms with Crippen LogP contribution in [0.15, 0.2) is 30.3 Å². The fourth-order valence-electron chi connectivity index (χ4n) is 1.62. The SMILES string of the molecule is COC(=O)C(CCCOc1ccccc1)C(C)=O. The summed E-state index contributed by atoms with van der Waals surface area (Å²) in [5.74, 6) is -0.520. The Balaban J connectivity index is 2.31. The third-order valence-corrected chi connectivity index (χ3v) is 2.63. The van der Waals surface area contributed by atoms with Gasteiger partial charge in [0.2, 0.25) is 0 Å². The van der Waals surface area contributed by atoms with E-state index in [9.17, 15) is 9.59 Å². The molecule has 0 radical (unpaired) electrons. The minimum Gasteiger partial charge on any atom is -0.494 e. The van der Waals surface area contributed by atoms with E-state index >= 15 is 0 Å². The maximum atomic E-state index is 11.3. The molecule has 0 spiro atoms. The predicted octanol–water partition coefficient (Wildman–Crippen LogP) is 2.22. The molecule has 0 fully saturated rings. The predicted molar refractivity (Wildman–Crippen MR) is 67.4 cm³/mol. The van der Waals surface area contributed by atoms with Gasteiger partial charge in [-0.25, -0.2) is 0 Å². The summed E-state index contributed by atoms with van der Waals surface area (Å²) in [5, 5.41) is 0. The molecule has 0 aliphatic carbocycles. The van der Waals surface area contributed by atoms with Crippen LogP contribution in [0.5, 0.6) is 5.75 Å². The number of methoxy groups -OCH3 is 1. The lowest BCUT2D eigenvalue weighted by atomic mass is 10.00. The number of carbonyl (C=O) groups excluding carboxylic acids is 2. The molecule has 0 amide bonds. The highest BCUT2D eigenvalue weighted by Crippen LogP contribution is 2.12. The van der Waals surface area contributed by atoms with Crippen LogP contribution >= 0.6 is 0 Å². The number of ether oxygens (including phenoxy) is 2. The van der Waals surface area contributed by atoms with Gasteiger partial charge in [-0.2, -0.15) is 0 Å². The van der Waals surface area contributed by atoms with Crippen LogP contribution in [0.3, 0.4) is 0 Å². The number of esters is 1. The molecule has 1 aromatic rings. The van der Waals surface area contributed by atoms with Crippen molar-refractivity contribution in [2.45, 2.75) is 19.8 Å². The highest BCUT2D eigenvalue weighted by molar-refractivity contribution is 5.97. The summed E-state index contributed by atoms with van der Waals surface area (Å²) < 4.78 is 10.1. The second-order valence-corrected chi connectivity index (χ2v) is 3.99. The van der Waals surface area contributed by atoms with Crippen molar-refractivity contribution in [2.24, 2.45) is 5.92 Å². The Hall–Kier alpha value is -1.84. The number of Topliss-reactive ketones (excluding diaryl/α,β-unsaturated/α-hetero) is 1. The van der Waals surface area contributed by atoms with E-state index in [0.29, 0.717) is 19.4 Å². The van der Waals surface area contributed by atoms with Gasteiger partial charge in [0.05, 0.1) is 13.7 Å². The Morgan fingerprint density at radius 1 is 1.22 bits per heavy atom. The Labute approximate surface area is 107 Å². The number of ketones is 1. The molecule has 0 aliphatic heterocycles. The van der Waals surface area contributed by atoms with E-state index in [0.717, 1.165) is 5.75 Å². The molecule has 0 heterocycles. The monoisotopic (exact) mass is 250 g/mol. The molecule has 1 unspecified atom stereocenters. The van der Waals surface area contributed by atoms with Gasteiger partial charge in [-0.1, -0.05) is 18.2 Å². The van der Waals surface area contributed by atoms with Gasteiger partial charge < -0.3 is 9.47 Å². The van der Waals surface area contributed by atoms with Crippen molar-refractivity contribution in [3.8, 4) is 5.75 Å². The van der Waals surface area contributed by atoms with Crippen LogP contribution in [0.25, 0.3) is 0 Å². The van der Waals surface area contributed by atoms with E-state index in [-0.39, 0.29) is 5.78 Å². The summed E-state index contributed by atoms with van der Waals surface area (Å²) in [4.78, 5) is 22.6. The molecule has 0 N–H and O–H groups in total. The average Bonchev–Trinajstić information content (AvgIpc) is 2.38. The van der Waals surface area contributed by atoms with Crippen molar-refractivity contribution in [1.29, 1.82) is 0 Å². The van der Waals surface area contributed by atoms with Crippen LogP contribution in [-0.4, -0.2) is 25.5 Å². The van der Waals surface area contributed by atoms with Crippen LogP contribution < -0.4 is 4.74 Å².